The zero-order valence-electron chi connectivity index (χ0n) is 71.8. The Morgan fingerprint density at radius 1 is 0.152 bits per heavy atom. The van der Waals surface area contributed by atoms with Gasteiger partial charge < -0.3 is 19.1 Å². The van der Waals surface area contributed by atoms with Gasteiger partial charge >= 0.3 is 0 Å². The summed E-state index contributed by atoms with van der Waals surface area (Å²) in [5, 5.41) is 30.7. The fourth-order valence-electron chi connectivity index (χ4n) is 20.4. The van der Waals surface area contributed by atoms with E-state index in [0.29, 0.717) is 0 Å². The summed E-state index contributed by atoms with van der Waals surface area (Å²) in [6.07, 6.45) is 0. The highest BCUT2D eigenvalue weighted by molar-refractivity contribution is 7.27. The van der Waals surface area contributed by atoms with Crippen LogP contribution in [0.25, 0.3) is 193 Å². The number of benzene rings is 24. The summed E-state index contributed by atoms with van der Waals surface area (Å²) in [5.74, 6) is 0. The van der Waals surface area contributed by atoms with Crippen molar-refractivity contribution in [1.82, 2.24) is 0 Å². The lowest BCUT2D eigenvalue weighted by Crippen LogP contribution is -2.09. The van der Waals surface area contributed by atoms with E-state index in [4.69, 9.17) is 4.42 Å². The first-order valence-electron chi connectivity index (χ1n) is 45.1. The van der Waals surface area contributed by atoms with Crippen LogP contribution in [0.3, 0.4) is 0 Å². The second kappa shape index (κ2) is 32.8. The molecule has 0 unspecified atom stereocenters. The highest BCUT2D eigenvalue weighted by Crippen LogP contribution is 2.52. The summed E-state index contributed by atoms with van der Waals surface area (Å²) >= 11 is 3.81. The molecule has 0 atom stereocenters. The predicted octanol–water partition coefficient (Wildman–Crippen LogP) is 37.5. The Morgan fingerprint density at radius 2 is 0.409 bits per heavy atom. The van der Waals surface area contributed by atoms with E-state index in [0.717, 1.165) is 73.1 Å². The van der Waals surface area contributed by atoms with Gasteiger partial charge in [-0.15, -0.1) is 22.7 Å². The average Bonchev–Trinajstić information content (AvgIpc) is 1.46. The van der Waals surface area contributed by atoms with Crippen LogP contribution in [0.4, 0.5) is 51.2 Å². The second-order valence-electron chi connectivity index (χ2n) is 34.0. The average molecular weight is 1720 g/mol. The summed E-state index contributed by atoms with van der Waals surface area (Å²) in [7, 11) is 0. The maximum Gasteiger partial charge on any atom is 0.143 e. The molecule has 0 spiro atoms. The lowest BCUT2D eigenvalue weighted by atomic mass is 9.92. The lowest BCUT2D eigenvalue weighted by Gasteiger charge is -2.26. The predicted molar refractivity (Wildman–Crippen MR) is 570 cm³/mol. The van der Waals surface area contributed by atoms with Crippen LogP contribution >= 0.6 is 22.7 Å². The van der Waals surface area contributed by atoms with Gasteiger partial charge in [0.2, 0.25) is 0 Å². The van der Waals surface area contributed by atoms with E-state index < -0.39 is 0 Å². The standard InChI is InChI=1S/C42H27NO.2C42H27NS/c2*1-3-11-28(12-4-1)29-19-22-32(23-20-29)43(31-13-5-2-6-14-31)33-24-26-34-30(27-33)21-25-38-40(34)35-15-7-8-16-36(35)42-41(38)37-17-9-10-18-39(37)44-42;1-3-11-28(12-4-1)29-19-22-32(23-20-29)43(31-13-5-2-6-14-31)33-24-26-34-30(27-33)21-25-38-40(34)35-15-7-8-16-36(35)41-37-17-9-10-18-39(37)44-42(38)41/h3*1-27H. The van der Waals surface area contributed by atoms with E-state index in [1.807, 2.05) is 28.7 Å². The molecule has 618 valence electrons. The third-order valence-electron chi connectivity index (χ3n) is 26.4. The Kier molecular flexibility index (Phi) is 19.3. The summed E-state index contributed by atoms with van der Waals surface area (Å²) in [6, 6.07) is 177. The molecule has 0 saturated carbocycles. The zero-order valence-corrected chi connectivity index (χ0v) is 73.5. The topological polar surface area (TPSA) is 22.9 Å². The zero-order chi connectivity index (χ0) is 87.1. The van der Waals surface area contributed by atoms with E-state index in [9.17, 15) is 0 Å². The Hall–Kier alpha value is -16.7. The van der Waals surface area contributed by atoms with Crippen LogP contribution in [0, 0.1) is 0 Å². The fourth-order valence-corrected chi connectivity index (χ4v) is 22.9. The molecule has 6 heteroatoms. The van der Waals surface area contributed by atoms with Crippen LogP contribution in [0.2, 0.25) is 0 Å². The monoisotopic (exact) mass is 1720 g/mol. The van der Waals surface area contributed by atoms with Crippen LogP contribution < -0.4 is 14.7 Å². The SMILES string of the molecule is c1ccc(-c2ccc(N(c3ccccc3)c3ccc4c(ccc5c4c4ccccc4c4oc6ccccc6c54)c3)cc2)cc1.c1ccc(-c2ccc(N(c3ccccc3)c3ccc4c(ccc5c4c4ccccc4c4sc6ccccc6c54)c3)cc2)cc1.c1ccc(-c2ccc(N(c3ccccc3)c3ccc4c(ccc5c6sc7ccccc7c6c6ccccc6c45)c3)cc2)cc1. The molecule has 0 fully saturated rings. The minimum atomic E-state index is 0.924. The first kappa shape index (κ1) is 77.6. The molecule has 24 aromatic carbocycles. The van der Waals surface area contributed by atoms with E-state index in [-0.39, 0.29) is 0 Å². The number of nitrogens with zero attached hydrogens (tertiary/aromatic N) is 3. The minimum Gasteiger partial charge on any atom is -0.455 e. The van der Waals surface area contributed by atoms with Crippen molar-refractivity contribution in [3.8, 4) is 33.4 Å². The van der Waals surface area contributed by atoms with Crippen molar-refractivity contribution in [3.05, 3.63) is 491 Å². The van der Waals surface area contributed by atoms with Crippen LogP contribution in [-0.2, 0) is 0 Å². The smallest absolute Gasteiger partial charge is 0.143 e. The molecule has 0 aliphatic carbocycles. The molecule has 4 nitrogen and oxygen atoms in total. The third-order valence-corrected chi connectivity index (χ3v) is 28.9. The molecule has 0 aliphatic rings. The van der Waals surface area contributed by atoms with E-state index in [2.05, 4.69) is 500 Å². The van der Waals surface area contributed by atoms with Crippen molar-refractivity contribution in [2.45, 2.75) is 0 Å². The van der Waals surface area contributed by atoms with Gasteiger partial charge in [0.25, 0.3) is 0 Å². The van der Waals surface area contributed by atoms with E-state index in [1.54, 1.807) is 0 Å². The molecule has 0 N–H and O–H groups in total. The summed E-state index contributed by atoms with van der Waals surface area (Å²) in [5.41, 5.74) is 19.4. The van der Waals surface area contributed by atoms with Crippen LogP contribution in [0.5, 0.6) is 0 Å². The van der Waals surface area contributed by atoms with Gasteiger partial charge in [0, 0.05) is 118 Å². The molecule has 3 heterocycles. The van der Waals surface area contributed by atoms with Crippen molar-refractivity contribution in [3.63, 3.8) is 0 Å². The molecule has 0 aliphatic heterocycles. The highest BCUT2D eigenvalue weighted by Gasteiger charge is 2.25. The fraction of sp³-hybridized carbons (Fsp3) is 0. The number of thiophene rings is 2. The molecule has 0 bridgehead atoms. The molecular formula is C126H81N3OS2. The molecule has 0 amide bonds. The van der Waals surface area contributed by atoms with Crippen molar-refractivity contribution in [2.24, 2.45) is 0 Å². The van der Waals surface area contributed by atoms with Gasteiger partial charge in [-0.2, -0.15) is 0 Å². The van der Waals surface area contributed by atoms with E-state index in [1.165, 1.54) is 171 Å². The number of anilines is 9. The number of furan rings is 1. The molecule has 27 rings (SSSR count). The van der Waals surface area contributed by atoms with Gasteiger partial charge in [0.05, 0.1) is 0 Å². The molecule has 132 heavy (non-hydrogen) atoms. The molecular weight excluding hydrogens is 1640 g/mol. The number of hydrogen-bond donors (Lipinski definition) is 0. The first-order valence-corrected chi connectivity index (χ1v) is 46.7. The van der Waals surface area contributed by atoms with Crippen LogP contribution in [0.15, 0.2) is 496 Å². The summed E-state index contributed by atoms with van der Waals surface area (Å²) in [4.78, 5) is 7.04. The molecule has 3 aromatic heterocycles. The number of rotatable bonds is 12. The largest absolute Gasteiger partial charge is 0.455 e. The summed E-state index contributed by atoms with van der Waals surface area (Å²) in [6.45, 7) is 0. The maximum atomic E-state index is 6.46. The molecule has 0 radical (unpaired) electrons. The van der Waals surface area contributed by atoms with Gasteiger partial charge in [0.15, 0.2) is 0 Å². The maximum absolute atomic E-state index is 6.46. The third kappa shape index (κ3) is 13.5. The van der Waals surface area contributed by atoms with Gasteiger partial charge in [-0.3, -0.25) is 0 Å². The quantitative estimate of drug-likeness (QED) is 0.114. The molecule has 27 aromatic rings. The number of fused-ring (bicyclic) bond motifs is 30. The van der Waals surface area contributed by atoms with Gasteiger partial charge in [-0.1, -0.05) is 364 Å². The Labute approximate surface area is 771 Å². The Morgan fingerprint density at radius 3 is 0.818 bits per heavy atom. The van der Waals surface area contributed by atoms with Crippen LogP contribution in [0.1, 0.15) is 0 Å². The van der Waals surface area contributed by atoms with Gasteiger partial charge in [-0.05, 0) is 242 Å². The van der Waals surface area contributed by atoms with E-state index >= 15 is 0 Å². The van der Waals surface area contributed by atoms with Crippen molar-refractivity contribution < 1.29 is 4.42 Å². The van der Waals surface area contributed by atoms with Gasteiger partial charge in [0.1, 0.15) is 11.2 Å². The van der Waals surface area contributed by atoms with Crippen LogP contribution in [-0.4, -0.2) is 0 Å². The van der Waals surface area contributed by atoms with Crippen molar-refractivity contribution in [1.29, 1.82) is 0 Å². The Balaban J connectivity index is 0.000000106. The van der Waals surface area contributed by atoms with Crippen molar-refractivity contribution >= 4 is 233 Å². The minimum absolute atomic E-state index is 0.924. The second-order valence-corrected chi connectivity index (χ2v) is 36.1. The molecule has 0 saturated heterocycles. The summed E-state index contributed by atoms with van der Waals surface area (Å²) < 4.78 is 11.9. The normalized spacial score (nSPS) is 11.6. The van der Waals surface area contributed by atoms with Gasteiger partial charge in [-0.25, -0.2) is 0 Å². The van der Waals surface area contributed by atoms with Crippen molar-refractivity contribution in [2.75, 3.05) is 14.7 Å². The lowest BCUT2D eigenvalue weighted by molar-refractivity contribution is 0.673. The Bertz CT molecular complexity index is 8760. The number of hydrogen-bond acceptors (Lipinski definition) is 6. The first-order chi connectivity index (χ1) is 65.5. The highest BCUT2D eigenvalue weighted by atomic mass is 32.1. The number of para-hydroxylation sites is 4.